The Morgan fingerprint density at radius 1 is 1.11 bits per heavy atom. The van der Waals surface area contributed by atoms with Gasteiger partial charge in [0.2, 0.25) is 21.8 Å². The van der Waals surface area contributed by atoms with Crippen LogP contribution in [-0.4, -0.2) is 57.1 Å². The third-order valence-electron chi connectivity index (χ3n) is 6.34. The second kappa shape index (κ2) is 11.6. The minimum absolute atomic E-state index is 0.118. The van der Waals surface area contributed by atoms with Crippen LogP contribution in [0.1, 0.15) is 43.7 Å². The van der Waals surface area contributed by atoms with Crippen LogP contribution in [0.2, 0.25) is 0 Å². The van der Waals surface area contributed by atoms with Gasteiger partial charge in [-0.25, -0.2) is 8.42 Å². The lowest BCUT2D eigenvalue weighted by Crippen LogP contribution is -2.52. The van der Waals surface area contributed by atoms with E-state index < -0.39 is 28.5 Å². The minimum atomic E-state index is -3.77. The fourth-order valence-electron chi connectivity index (χ4n) is 4.34. The van der Waals surface area contributed by atoms with Gasteiger partial charge >= 0.3 is 0 Å². The number of hydrogen-bond donors (Lipinski definition) is 1. The molecule has 1 unspecified atom stereocenters. The highest BCUT2D eigenvalue weighted by Gasteiger charge is 2.31. The summed E-state index contributed by atoms with van der Waals surface area (Å²) in [6.07, 6.45) is 5.09. The van der Waals surface area contributed by atoms with Crippen LogP contribution >= 0.6 is 0 Å². The van der Waals surface area contributed by atoms with E-state index in [1.165, 1.54) is 12.0 Å². The number of nitrogens with zero attached hydrogens (tertiary/aromatic N) is 2. The topological polar surface area (TPSA) is 96.0 Å². The van der Waals surface area contributed by atoms with Crippen molar-refractivity contribution in [1.29, 1.82) is 0 Å². The number of methoxy groups -OCH3 is 1. The van der Waals surface area contributed by atoms with Gasteiger partial charge in [-0.3, -0.25) is 13.9 Å². The molecule has 3 rings (SSSR count). The fourth-order valence-corrected chi connectivity index (χ4v) is 5.19. The second-order valence-corrected chi connectivity index (χ2v) is 11.1. The molecule has 0 aromatic heterocycles. The maximum absolute atomic E-state index is 13.6. The Morgan fingerprint density at radius 3 is 2.34 bits per heavy atom. The maximum atomic E-state index is 13.6. The molecule has 8 nitrogen and oxygen atoms in total. The number of hydrogen-bond acceptors (Lipinski definition) is 5. The molecule has 1 N–H and O–H groups in total. The summed E-state index contributed by atoms with van der Waals surface area (Å²) in [5.74, 6) is -0.109. The van der Waals surface area contributed by atoms with Crippen LogP contribution in [0.5, 0.6) is 5.75 Å². The fraction of sp³-hybridized carbons (Fsp3) is 0.462. The lowest BCUT2D eigenvalue weighted by Gasteiger charge is -2.32. The SMILES string of the molecule is COc1ccc(N(CC(=O)N(Cc2cccc(C)c2)C(C)C(=O)NC2CCCC2)S(C)(=O)=O)cc1. The Balaban J connectivity index is 1.87. The molecule has 0 radical (unpaired) electrons. The molecule has 0 heterocycles. The standard InChI is InChI=1S/C26H35N3O5S/c1-19-8-7-9-21(16-19)17-28(20(2)26(31)27-22-10-5-6-11-22)25(30)18-29(35(4,32)33)23-12-14-24(34-3)15-13-23/h7-9,12-16,20,22H,5-6,10-11,17-18H2,1-4H3,(H,27,31). The van der Waals surface area contributed by atoms with Gasteiger partial charge in [0.15, 0.2) is 0 Å². The molecule has 0 aliphatic heterocycles. The zero-order valence-electron chi connectivity index (χ0n) is 20.9. The van der Waals surface area contributed by atoms with Crippen LogP contribution in [0.25, 0.3) is 0 Å². The molecular weight excluding hydrogens is 466 g/mol. The van der Waals surface area contributed by atoms with Crippen molar-refractivity contribution in [3.05, 3.63) is 59.7 Å². The van der Waals surface area contributed by atoms with Crippen molar-refractivity contribution in [3.63, 3.8) is 0 Å². The van der Waals surface area contributed by atoms with E-state index in [0.29, 0.717) is 11.4 Å². The van der Waals surface area contributed by atoms with Gasteiger partial charge in [-0.1, -0.05) is 42.7 Å². The summed E-state index contributed by atoms with van der Waals surface area (Å²) in [6, 6.07) is 13.5. The molecule has 2 aromatic rings. The van der Waals surface area contributed by atoms with Crippen molar-refractivity contribution in [2.75, 3.05) is 24.2 Å². The van der Waals surface area contributed by atoms with E-state index in [1.807, 2.05) is 31.2 Å². The van der Waals surface area contributed by atoms with E-state index in [2.05, 4.69) is 5.32 Å². The van der Waals surface area contributed by atoms with E-state index >= 15 is 0 Å². The van der Waals surface area contributed by atoms with Crippen LogP contribution in [0.4, 0.5) is 5.69 Å². The number of anilines is 1. The van der Waals surface area contributed by atoms with Crippen LogP contribution in [-0.2, 0) is 26.2 Å². The molecule has 0 bridgehead atoms. The summed E-state index contributed by atoms with van der Waals surface area (Å²) in [4.78, 5) is 28.1. The van der Waals surface area contributed by atoms with Crippen LogP contribution in [0.3, 0.4) is 0 Å². The maximum Gasteiger partial charge on any atom is 0.244 e. The normalized spacial score (nSPS) is 14.9. The zero-order chi connectivity index (χ0) is 25.6. The van der Waals surface area contributed by atoms with Crippen molar-refractivity contribution < 1.29 is 22.7 Å². The van der Waals surface area contributed by atoms with E-state index in [9.17, 15) is 18.0 Å². The molecule has 9 heteroatoms. The largest absolute Gasteiger partial charge is 0.497 e. The van der Waals surface area contributed by atoms with Gasteiger partial charge in [-0.05, 0) is 56.5 Å². The molecule has 190 valence electrons. The molecule has 1 aliphatic rings. The molecule has 1 saturated carbocycles. The van der Waals surface area contributed by atoms with E-state index in [-0.39, 0.29) is 18.5 Å². The van der Waals surface area contributed by atoms with Gasteiger partial charge in [0, 0.05) is 12.6 Å². The summed E-state index contributed by atoms with van der Waals surface area (Å²) < 4.78 is 31.5. The average Bonchev–Trinajstić information content (AvgIpc) is 3.33. The molecule has 1 aliphatic carbocycles. The monoisotopic (exact) mass is 501 g/mol. The highest BCUT2D eigenvalue weighted by atomic mass is 32.2. The predicted octanol–water partition coefficient (Wildman–Crippen LogP) is 3.25. The predicted molar refractivity (Wildman–Crippen MR) is 137 cm³/mol. The Hall–Kier alpha value is -3.07. The third-order valence-corrected chi connectivity index (χ3v) is 7.48. The Kier molecular flexibility index (Phi) is 8.77. The molecule has 2 aromatic carbocycles. The minimum Gasteiger partial charge on any atom is -0.497 e. The molecular formula is C26H35N3O5S. The van der Waals surface area contributed by atoms with Gasteiger partial charge in [-0.15, -0.1) is 0 Å². The summed E-state index contributed by atoms with van der Waals surface area (Å²) in [5.41, 5.74) is 2.25. The summed E-state index contributed by atoms with van der Waals surface area (Å²) in [7, 11) is -2.24. The third kappa shape index (κ3) is 7.21. The molecule has 2 amide bonds. The molecule has 0 saturated heterocycles. The van der Waals surface area contributed by atoms with Crippen molar-refractivity contribution in [2.45, 2.75) is 58.2 Å². The van der Waals surface area contributed by atoms with Crippen molar-refractivity contribution in [2.24, 2.45) is 0 Å². The van der Waals surface area contributed by atoms with Crippen molar-refractivity contribution >= 4 is 27.5 Å². The Labute approximate surface area is 208 Å². The number of nitrogens with one attached hydrogen (secondary N) is 1. The number of rotatable bonds is 10. The van der Waals surface area contributed by atoms with Crippen LogP contribution in [0, 0.1) is 6.92 Å². The summed E-state index contributed by atoms with van der Waals surface area (Å²) in [6.45, 7) is 3.43. The number of aryl methyl sites for hydroxylation is 1. The molecule has 1 fully saturated rings. The van der Waals surface area contributed by atoms with Crippen molar-refractivity contribution in [1.82, 2.24) is 10.2 Å². The first kappa shape index (κ1) is 26.5. The van der Waals surface area contributed by atoms with Gasteiger partial charge in [0.1, 0.15) is 18.3 Å². The number of carbonyl (C=O) groups excluding carboxylic acids is 2. The first-order valence-corrected chi connectivity index (χ1v) is 13.7. The zero-order valence-corrected chi connectivity index (χ0v) is 21.7. The average molecular weight is 502 g/mol. The number of ether oxygens (including phenoxy) is 1. The van der Waals surface area contributed by atoms with Crippen LogP contribution < -0.4 is 14.4 Å². The van der Waals surface area contributed by atoms with Gasteiger partial charge in [0.05, 0.1) is 19.1 Å². The lowest BCUT2D eigenvalue weighted by atomic mass is 10.1. The molecule has 35 heavy (non-hydrogen) atoms. The lowest BCUT2D eigenvalue weighted by molar-refractivity contribution is -0.139. The van der Waals surface area contributed by atoms with Gasteiger partial charge in [0.25, 0.3) is 0 Å². The number of amides is 2. The summed E-state index contributed by atoms with van der Waals surface area (Å²) >= 11 is 0. The first-order chi connectivity index (χ1) is 16.6. The number of sulfonamides is 1. The smallest absolute Gasteiger partial charge is 0.244 e. The van der Waals surface area contributed by atoms with Crippen molar-refractivity contribution in [3.8, 4) is 5.75 Å². The quantitative estimate of drug-likeness (QED) is 0.539. The second-order valence-electron chi connectivity index (χ2n) is 9.14. The Morgan fingerprint density at radius 2 is 1.77 bits per heavy atom. The number of carbonyl (C=O) groups is 2. The van der Waals surface area contributed by atoms with E-state index in [0.717, 1.165) is 47.4 Å². The molecule has 0 spiro atoms. The van der Waals surface area contributed by atoms with E-state index in [1.54, 1.807) is 31.2 Å². The molecule has 1 atom stereocenters. The van der Waals surface area contributed by atoms with Gasteiger partial charge in [-0.2, -0.15) is 0 Å². The highest BCUT2D eigenvalue weighted by molar-refractivity contribution is 7.92. The highest BCUT2D eigenvalue weighted by Crippen LogP contribution is 2.23. The Bertz CT molecular complexity index is 1130. The van der Waals surface area contributed by atoms with Crippen LogP contribution in [0.15, 0.2) is 48.5 Å². The van der Waals surface area contributed by atoms with E-state index in [4.69, 9.17) is 4.74 Å². The summed E-state index contributed by atoms with van der Waals surface area (Å²) in [5, 5.41) is 3.06. The number of benzene rings is 2. The van der Waals surface area contributed by atoms with Gasteiger partial charge < -0.3 is 15.0 Å². The first-order valence-electron chi connectivity index (χ1n) is 11.9.